The summed E-state index contributed by atoms with van der Waals surface area (Å²) in [5.41, 5.74) is 5.57. The van der Waals surface area contributed by atoms with Gasteiger partial charge in [0.05, 0.1) is 6.10 Å². The van der Waals surface area contributed by atoms with Crippen LogP contribution >= 0.6 is 0 Å². The van der Waals surface area contributed by atoms with Gasteiger partial charge < -0.3 is 20.7 Å². The Labute approximate surface area is 101 Å². The summed E-state index contributed by atoms with van der Waals surface area (Å²) in [6.07, 6.45) is 0.00595. The van der Waals surface area contributed by atoms with Gasteiger partial charge in [-0.2, -0.15) is 15.0 Å². The summed E-state index contributed by atoms with van der Waals surface area (Å²) in [6.45, 7) is 5.42. The quantitative estimate of drug-likeness (QED) is 0.735. The van der Waals surface area contributed by atoms with Crippen LogP contribution in [0.25, 0.3) is 0 Å². The summed E-state index contributed by atoms with van der Waals surface area (Å²) in [7, 11) is 3.99. The summed E-state index contributed by atoms with van der Waals surface area (Å²) in [5.74, 6) is 0.595. The van der Waals surface area contributed by atoms with Crippen molar-refractivity contribution in [1.29, 1.82) is 0 Å². The van der Waals surface area contributed by atoms with Gasteiger partial charge in [0.2, 0.25) is 11.9 Å². The first-order valence-corrected chi connectivity index (χ1v) is 5.54. The van der Waals surface area contributed by atoms with Crippen molar-refractivity contribution in [3.63, 3.8) is 0 Å². The number of rotatable bonds is 6. The van der Waals surface area contributed by atoms with E-state index in [0.717, 1.165) is 13.1 Å². The van der Waals surface area contributed by atoms with Crippen LogP contribution < -0.4 is 15.8 Å². The van der Waals surface area contributed by atoms with Gasteiger partial charge in [0, 0.05) is 13.1 Å². The van der Waals surface area contributed by atoms with E-state index in [0.29, 0.717) is 5.95 Å². The molecule has 0 atom stereocenters. The third-order valence-corrected chi connectivity index (χ3v) is 1.82. The largest absolute Gasteiger partial charge is 0.461 e. The Morgan fingerprint density at radius 3 is 2.59 bits per heavy atom. The molecule has 0 unspecified atom stereocenters. The van der Waals surface area contributed by atoms with Crippen molar-refractivity contribution in [2.24, 2.45) is 0 Å². The highest BCUT2D eigenvalue weighted by Crippen LogP contribution is 2.09. The maximum absolute atomic E-state index is 5.57. The summed E-state index contributed by atoms with van der Waals surface area (Å²) in [4.78, 5) is 14.1. The molecule has 1 aromatic heterocycles. The van der Waals surface area contributed by atoms with E-state index in [-0.39, 0.29) is 18.1 Å². The first-order valence-electron chi connectivity index (χ1n) is 5.54. The fourth-order valence-electron chi connectivity index (χ4n) is 1.11. The van der Waals surface area contributed by atoms with Crippen molar-refractivity contribution in [1.82, 2.24) is 19.9 Å². The molecule has 1 aromatic rings. The Balaban J connectivity index is 2.62. The number of anilines is 2. The van der Waals surface area contributed by atoms with Gasteiger partial charge in [-0.15, -0.1) is 0 Å². The minimum Gasteiger partial charge on any atom is -0.461 e. The zero-order chi connectivity index (χ0) is 12.8. The summed E-state index contributed by atoms with van der Waals surface area (Å²) < 4.78 is 5.37. The number of hydrogen-bond acceptors (Lipinski definition) is 7. The van der Waals surface area contributed by atoms with Crippen LogP contribution in [-0.2, 0) is 0 Å². The van der Waals surface area contributed by atoms with Crippen LogP contribution in [0.15, 0.2) is 0 Å². The van der Waals surface area contributed by atoms with Crippen LogP contribution in [0.5, 0.6) is 6.01 Å². The Kier molecular flexibility index (Phi) is 4.89. The lowest BCUT2D eigenvalue weighted by atomic mass is 10.5. The van der Waals surface area contributed by atoms with E-state index < -0.39 is 0 Å². The van der Waals surface area contributed by atoms with E-state index in [4.69, 9.17) is 10.5 Å². The lowest BCUT2D eigenvalue weighted by molar-refractivity contribution is 0.222. The van der Waals surface area contributed by atoms with E-state index in [9.17, 15) is 0 Å². The van der Waals surface area contributed by atoms with Crippen molar-refractivity contribution in [3.05, 3.63) is 0 Å². The number of nitrogen functional groups attached to an aromatic ring is 1. The second-order valence-electron chi connectivity index (χ2n) is 4.20. The van der Waals surface area contributed by atoms with Crippen molar-refractivity contribution in [2.45, 2.75) is 20.0 Å². The first-order chi connectivity index (χ1) is 7.97. The number of nitrogens with one attached hydrogen (secondary N) is 1. The van der Waals surface area contributed by atoms with Crippen LogP contribution in [0.2, 0.25) is 0 Å². The molecule has 7 heteroatoms. The molecular weight excluding hydrogens is 220 g/mol. The Morgan fingerprint density at radius 1 is 1.29 bits per heavy atom. The lowest BCUT2D eigenvalue weighted by Crippen LogP contribution is -2.22. The topological polar surface area (TPSA) is 89.2 Å². The Hall–Kier alpha value is -1.63. The number of nitrogens with two attached hydrogens (primary N) is 1. The van der Waals surface area contributed by atoms with Gasteiger partial charge in [0.25, 0.3) is 0 Å². The molecule has 0 saturated carbocycles. The van der Waals surface area contributed by atoms with Crippen LogP contribution in [-0.4, -0.2) is 53.1 Å². The maximum Gasteiger partial charge on any atom is 0.323 e. The van der Waals surface area contributed by atoms with Gasteiger partial charge in [0.1, 0.15) is 0 Å². The zero-order valence-electron chi connectivity index (χ0n) is 10.8. The average molecular weight is 240 g/mol. The minimum atomic E-state index is 0.00595. The molecule has 0 spiro atoms. The monoisotopic (exact) mass is 240 g/mol. The fraction of sp³-hybridized carbons (Fsp3) is 0.700. The van der Waals surface area contributed by atoms with E-state index in [1.807, 2.05) is 27.9 Å². The van der Waals surface area contributed by atoms with Crippen molar-refractivity contribution >= 4 is 11.9 Å². The lowest BCUT2D eigenvalue weighted by Gasteiger charge is -2.12. The number of ether oxygens (including phenoxy) is 1. The molecule has 17 heavy (non-hydrogen) atoms. The molecule has 0 radical (unpaired) electrons. The Morgan fingerprint density at radius 2 is 2.00 bits per heavy atom. The average Bonchev–Trinajstić information content (AvgIpc) is 2.14. The SMILES string of the molecule is CC(C)Oc1nc(N)nc(NCCN(C)C)n1. The molecule has 0 fully saturated rings. The van der Waals surface area contributed by atoms with E-state index >= 15 is 0 Å². The van der Waals surface area contributed by atoms with Crippen LogP contribution in [0.4, 0.5) is 11.9 Å². The summed E-state index contributed by atoms with van der Waals surface area (Å²) in [6, 6.07) is 0.250. The molecule has 0 bridgehead atoms. The Bertz CT molecular complexity index is 355. The molecule has 0 aromatic carbocycles. The number of nitrogens with zero attached hydrogens (tertiary/aromatic N) is 4. The highest BCUT2D eigenvalue weighted by molar-refractivity contribution is 5.32. The third-order valence-electron chi connectivity index (χ3n) is 1.82. The van der Waals surface area contributed by atoms with Crippen molar-refractivity contribution in [2.75, 3.05) is 38.2 Å². The van der Waals surface area contributed by atoms with Gasteiger partial charge in [-0.25, -0.2) is 0 Å². The van der Waals surface area contributed by atoms with Crippen LogP contribution in [0, 0.1) is 0 Å². The molecule has 0 amide bonds. The molecule has 1 rings (SSSR count). The third kappa shape index (κ3) is 5.30. The van der Waals surface area contributed by atoms with Crippen molar-refractivity contribution < 1.29 is 4.74 Å². The summed E-state index contributed by atoms with van der Waals surface area (Å²) in [5, 5.41) is 3.07. The molecule has 0 aliphatic rings. The minimum absolute atomic E-state index is 0.00595. The van der Waals surface area contributed by atoms with Crippen LogP contribution in [0.3, 0.4) is 0 Å². The highest BCUT2D eigenvalue weighted by atomic mass is 16.5. The second-order valence-corrected chi connectivity index (χ2v) is 4.20. The molecule has 0 saturated heterocycles. The van der Waals surface area contributed by atoms with Crippen molar-refractivity contribution in [3.8, 4) is 6.01 Å². The molecule has 1 heterocycles. The highest BCUT2D eigenvalue weighted by Gasteiger charge is 2.06. The maximum atomic E-state index is 5.57. The van der Waals surface area contributed by atoms with E-state index in [1.165, 1.54) is 0 Å². The second kappa shape index (κ2) is 6.19. The number of hydrogen-bond donors (Lipinski definition) is 2. The molecular formula is C10H20N6O. The number of likely N-dealkylation sites (N-methyl/N-ethyl adjacent to an activating group) is 1. The van der Waals surface area contributed by atoms with Gasteiger partial charge in [-0.05, 0) is 27.9 Å². The fourth-order valence-corrected chi connectivity index (χ4v) is 1.11. The van der Waals surface area contributed by atoms with Gasteiger partial charge in [-0.1, -0.05) is 0 Å². The predicted molar refractivity (Wildman–Crippen MR) is 67.0 cm³/mol. The molecule has 3 N–H and O–H groups in total. The molecule has 7 nitrogen and oxygen atoms in total. The smallest absolute Gasteiger partial charge is 0.323 e. The number of aromatic nitrogens is 3. The van der Waals surface area contributed by atoms with Gasteiger partial charge in [0.15, 0.2) is 0 Å². The van der Waals surface area contributed by atoms with E-state index in [1.54, 1.807) is 0 Å². The van der Waals surface area contributed by atoms with Gasteiger partial charge in [-0.3, -0.25) is 0 Å². The molecule has 0 aliphatic carbocycles. The first kappa shape index (κ1) is 13.4. The van der Waals surface area contributed by atoms with Gasteiger partial charge >= 0.3 is 6.01 Å². The molecule has 96 valence electrons. The normalized spacial score (nSPS) is 10.9. The van der Waals surface area contributed by atoms with E-state index in [2.05, 4.69) is 25.2 Å². The molecule has 0 aliphatic heterocycles. The standard InChI is InChI=1S/C10H20N6O/c1-7(2)17-10-14-8(11)13-9(15-10)12-5-6-16(3)4/h7H,5-6H2,1-4H3,(H3,11,12,13,14,15). The zero-order valence-corrected chi connectivity index (χ0v) is 10.8. The predicted octanol–water partition coefficient (Wildman–Crippen LogP) is 0.215. The van der Waals surface area contributed by atoms with Crippen LogP contribution in [0.1, 0.15) is 13.8 Å². The summed E-state index contributed by atoms with van der Waals surface area (Å²) >= 11 is 0.